The molecule has 3 aliphatic heterocycles. The van der Waals surface area contributed by atoms with Crippen molar-refractivity contribution in [3.63, 3.8) is 0 Å². The Bertz CT molecular complexity index is 1490. The highest BCUT2D eigenvalue weighted by molar-refractivity contribution is 5.88. The van der Waals surface area contributed by atoms with E-state index in [-0.39, 0.29) is 31.0 Å². The van der Waals surface area contributed by atoms with Crippen LogP contribution < -0.4 is 9.64 Å². The number of piperidine rings is 1. The van der Waals surface area contributed by atoms with Crippen LogP contribution in [0.4, 0.5) is 23.2 Å². The molecule has 11 heteroatoms. The number of methoxy groups -OCH3 is 1. The lowest BCUT2D eigenvalue weighted by molar-refractivity contribution is -0.149. The quantitative estimate of drug-likeness (QED) is 0.302. The minimum atomic E-state index is -4.55. The lowest BCUT2D eigenvalue weighted by Crippen LogP contribution is -2.50. The number of hydrogen-bond acceptors (Lipinski definition) is 5. The van der Waals surface area contributed by atoms with Gasteiger partial charge in [-0.2, -0.15) is 13.2 Å². The van der Waals surface area contributed by atoms with Gasteiger partial charge in [0, 0.05) is 62.8 Å². The van der Waals surface area contributed by atoms with E-state index in [2.05, 4.69) is 4.90 Å². The molecular weight excluding hydrogens is 626 g/mol. The van der Waals surface area contributed by atoms with Gasteiger partial charge in [0.05, 0.1) is 18.1 Å². The van der Waals surface area contributed by atoms with Gasteiger partial charge < -0.3 is 19.6 Å². The van der Waals surface area contributed by atoms with E-state index in [1.54, 1.807) is 31.1 Å². The van der Waals surface area contributed by atoms with E-state index in [9.17, 15) is 27.9 Å². The Morgan fingerprint density at radius 2 is 1.67 bits per heavy atom. The minimum Gasteiger partial charge on any atom is -0.497 e. The van der Waals surface area contributed by atoms with Crippen molar-refractivity contribution in [2.24, 2.45) is 11.3 Å². The van der Waals surface area contributed by atoms with Crippen molar-refractivity contribution in [1.82, 2.24) is 9.80 Å². The third-order valence-electron chi connectivity index (χ3n) is 11.9. The molecule has 0 spiro atoms. The topological polar surface area (TPSA) is 73.3 Å². The van der Waals surface area contributed by atoms with Crippen LogP contribution >= 0.6 is 0 Å². The second-order valence-corrected chi connectivity index (χ2v) is 14.7. The average Bonchev–Trinajstić information content (AvgIpc) is 3.84. The number of carboxylic acids is 1. The minimum absolute atomic E-state index is 0.0206. The van der Waals surface area contributed by atoms with Crippen LogP contribution in [0.3, 0.4) is 0 Å². The highest BCUT2D eigenvalue weighted by atomic mass is 19.4. The molecule has 0 aromatic heterocycles. The monoisotopic (exact) mass is 673 g/mol. The molecule has 0 bridgehead atoms. The third kappa shape index (κ3) is 6.39. The largest absolute Gasteiger partial charge is 0.497 e. The Balaban J connectivity index is 1.30. The molecule has 3 heterocycles. The summed E-state index contributed by atoms with van der Waals surface area (Å²) in [5, 5.41) is 9.74. The molecule has 2 aromatic carbocycles. The predicted molar refractivity (Wildman–Crippen MR) is 175 cm³/mol. The fraction of sp³-hybridized carbons (Fsp3) is 0.622. The van der Waals surface area contributed by atoms with E-state index in [0.29, 0.717) is 62.4 Å². The van der Waals surface area contributed by atoms with Gasteiger partial charge in [-0.15, -0.1) is 0 Å². The Morgan fingerprint density at radius 1 is 1.00 bits per heavy atom. The van der Waals surface area contributed by atoms with Crippen LogP contribution in [-0.2, 0) is 15.8 Å². The maximum atomic E-state index is 17.6. The first-order valence-electron chi connectivity index (χ1n) is 17.3. The lowest BCUT2D eigenvalue weighted by Gasteiger charge is -2.39. The van der Waals surface area contributed by atoms with E-state index in [1.165, 1.54) is 12.1 Å². The molecule has 4 aliphatic rings. The Kier molecular flexibility index (Phi) is 9.47. The maximum Gasteiger partial charge on any atom is 0.416 e. The summed E-state index contributed by atoms with van der Waals surface area (Å²) in [6, 6.07) is 11.3. The highest BCUT2D eigenvalue weighted by Gasteiger charge is 2.57. The molecule has 4 fully saturated rings. The number of nitrogens with zero attached hydrogens (tertiary/aromatic N) is 3. The SMILES string of the molecule is CC[C@H]1CN(C(=O)[C@]2(F)CN(C3CCCC3)C[C@H]2c2ccc(OC)cc2)C[C@@H]1c1ccc(C(F)(F)F)cc1N1CCC(C)(C(=O)O)CC1. The number of amides is 1. The number of halogens is 4. The van der Waals surface area contributed by atoms with E-state index in [4.69, 9.17) is 4.74 Å². The molecule has 4 atom stereocenters. The van der Waals surface area contributed by atoms with Gasteiger partial charge in [0.25, 0.3) is 5.91 Å². The smallest absolute Gasteiger partial charge is 0.416 e. The van der Waals surface area contributed by atoms with Gasteiger partial charge in [-0.1, -0.05) is 44.4 Å². The molecule has 1 aliphatic carbocycles. The second kappa shape index (κ2) is 13.2. The standard InChI is InChI=1S/C37H47F4N3O4/c1-4-24-20-43(33(45)36(38)23-44(27-7-5-6-8-27)22-31(36)25-9-12-28(48-3)13-10-25)21-30(24)29-14-11-26(37(39,40)41)19-32(29)42-17-15-35(2,16-18-42)34(46)47/h9-14,19,24,27,30-31H,4-8,15-18,20-23H2,1-3H3,(H,46,47)/t24-,30-,31-,36-/m0/s1. The molecule has 1 amide bonds. The number of carbonyl (C=O) groups excluding carboxylic acids is 1. The molecule has 6 rings (SSSR count). The first kappa shape index (κ1) is 34.5. The van der Waals surface area contributed by atoms with Crippen molar-refractivity contribution >= 4 is 17.6 Å². The Labute approximate surface area is 280 Å². The Morgan fingerprint density at radius 3 is 2.25 bits per heavy atom. The summed E-state index contributed by atoms with van der Waals surface area (Å²) in [6.45, 7) is 5.28. The zero-order valence-electron chi connectivity index (χ0n) is 28.1. The molecule has 0 radical (unpaired) electrons. The van der Waals surface area contributed by atoms with Gasteiger partial charge in [0.1, 0.15) is 5.75 Å². The van der Waals surface area contributed by atoms with Gasteiger partial charge in [-0.05, 0) is 73.9 Å². The normalized spacial score (nSPS) is 28.3. The summed E-state index contributed by atoms with van der Waals surface area (Å²) in [6.07, 6.45) is 0.889. The first-order valence-corrected chi connectivity index (χ1v) is 17.3. The molecule has 1 N–H and O–H groups in total. The lowest BCUT2D eigenvalue weighted by atomic mass is 9.79. The van der Waals surface area contributed by atoms with Gasteiger partial charge >= 0.3 is 12.1 Å². The summed E-state index contributed by atoms with van der Waals surface area (Å²) >= 11 is 0. The van der Waals surface area contributed by atoms with Crippen molar-refractivity contribution in [1.29, 1.82) is 0 Å². The summed E-state index contributed by atoms with van der Waals surface area (Å²) in [7, 11) is 1.57. The van der Waals surface area contributed by atoms with Crippen molar-refractivity contribution < 1.29 is 37.0 Å². The number of carboxylic acid groups (broad SMARTS) is 1. The molecule has 7 nitrogen and oxygen atoms in total. The third-order valence-corrected chi connectivity index (χ3v) is 11.9. The summed E-state index contributed by atoms with van der Waals surface area (Å²) in [4.78, 5) is 32.0. The summed E-state index contributed by atoms with van der Waals surface area (Å²) < 4.78 is 64.8. The van der Waals surface area contributed by atoms with Crippen molar-refractivity contribution in [3.8, 4) is 5.75 Å². The number of alkyl halides is 4. The molecule has 1 saturated carbocycles. The van der Waals surface area contributed by atoms with Crippen LogP contribution in [0.2, 0.25) is 0 Å². The summed E-state index contributed by atoms with van der Waals surface area (Å²) in [5.74, 6) is -1.83. The second-order valence-electron chi connectivity index (χ2n) is 14.7. The number of ether oxygens (including phenoxy) is 1. The van der Waals surface area contributed by atoms with Crippen molar-refractivity contribution in [2.75, 3.05) is 51.3 Å². The predicted octanol–water partition coefficient (Wildman–Crippen LogP) is 7.11. The number of carbonyl (C=O) groups is 2. The number of benzene rings is 2. The van der Waals surface area contributed by atoms with Gasteiger partial charge in [0.15, 0.2) is 0 Å². The summed E-state index contributed by atoms with van der Waals surface area (Å²) in [5.41, 5.74) is -1.99. The maximum absolute atomic E-state index is 17.6. The molecule has 3 saturated heterocycles. The van der Waals surface area contributed by atoms with Crippen molar-refractivity contribution in [3.05, 3.63) is 59.2 Å². The van der Waals surface area contributed by atoms with E-state index in [1.807, 2.05) is 24.0 Å². The van der Waals surface area contributed by atoms with E-state index >= 15 is 4.39 Å². The number of hydrogen-bond donors (Lipinski definition) is 1. The Hall–Kier alpha value is -3.34. The zero-order valence-corrected chi connectivity index (χ0v) is 28.1. The highest BCUT2D eigenvalue weighted by Crippen LogP contribution is 2.48. The van der Waals surface area contributed by atoms with Gasteiger partial charge in [-0.25, -0.2) is 4.39 Å². The number of rotatable bonds is 8. The van der Waals surface area contributed by atoms with Gasteiger partial charge in [-0.3, -0.25) is 14.5 Å². The van der Waals surface area contributed by atoms with Crippen LogP contribution in [0.25, 0.3) is 0 Å². The fourth-order valence-corrected chi connectivity index (χ4v) is 8.65. The van der Waals surface area contributed by atoms with Crippen molar-refractivity contribution in [2.45, 2.75) is 88.5 Å². The average molecular weight is 674 g/mol. The molecule has 0 unspecified atom stereocenters. The van der Waals surface area contributed by atoms with Crippen LogP contribution in [0, 0.1) is 11.3 Å². The number of anilines is 1. The molecule has 48 heavy (non-hydrogen) atoms. The first-order chi connectivity index (χ1) is 22.8. The fourth-order valence-electron chi connectivity index (χ4n) is 8.65. The van der Waals surface area contributed by atoms with Gasteiger partial charge in [0.2, 0.25) is 5.67 Å². The van der Waals surface area contributed by atoms with E-state index < -0.39 is 40.6 Å². The molecular formula is C37H47F4N3O4. The molecule has 2 aromatic rings. The van der Waals surface area contributed by atoms with Crippen LogP contribution in [0.5, 0.6) is 5.75 Å². The van der Waals surface area contributed by atoms with Crippen LogP contribution in [-0.4, -0.2) is 84.9 Å². The number of aliphatic carboxylic acids is 1. The van der Waals surface area contributed by atoms with Crippen LogP contribution in [0.1, 0.15) is 87.3 Å². The zero-order chi connectivity index (χ0) is 34.4. The number of likely N-dealkylation sites (tertiary alicyclic amines) is 2. The van der Waals surface area contributed by atoms with E-state index in [0.717, 1.165) is 37.3 Å². The molecule has 262 valence electrons. The van der Waals surface area contributed by atoms with Crippen LogP contribution in [0.15, 0.2) is 42.5 Å².